The lowest BCUT2D eigenvalue weighted by molar-refractivity contribution is 0.0676. The van der Waals surface area contributed by atoms with E-state index in [9.17, 15) is 21.6 Å². The second-order valence-corrected chi connectivity index (χ2v) is 12.5. The smallest absolute Gasteiger partial charge is 0.253 e. The molecule has 1 amide bonds. The first-order chi connectivity index (χ1) is 15.7. The second-order valence-electron chi connectivity index (χ2n) is 8.72. The van der Waals surface area contributed by atoms with Crippen LogP contribution in [-0.4, -0.2) is 59.6 Å². The quantitative estimate of drug-likeness (QED) is 0.668. The van der Waals surface area contributed by atoms with Gasteiger partial charge in [-0.3, -0.25) is 9.10 Å². The first kappa shape index (κ1) is 23.7. The minimum absolute atomic E-state index is 0.00469. The summed E-state index contributed by atoms with van der Waals surface area (Å²) in [4.78, 5) is 15.1. The molecule has 2 saturated heterocycles. The Labute approximate surface area is 195 Å². The average molecular weight is 492 g/mol. The zero-order valence-electron chi connectivity index (χ0n) is 18.6. The first-order valence-electron chi connectivity index (χ1n) is 11.1. The van der Waals surface area contributed by atoms with Crippen LogP contribution in [0.5, 0.6) is 0 Å². The maximum absolute atomic E-state index is 13.1. The van der Waals surface area contributed by atoms with Crippen molar-refractivity contribution in [3.05, 3.63) is 59.7 Å². The monoisotopic (exact) mass is 491 g/mol. The molecule has 0 aromatic heterocycles. The number of hydrogen-bond donors (Lipinski definition) is 1. The molecule has 0 bridgehead atoms. The fourth-order valence-corrected chi connectivity index (χ4v) is 7.02. The third-order valence-corrected chi connectivity index (χ3v) is 9.49. The van der Waals surface area contributed by atoms with E-state index in [1.54, 1.807) is 53.4 Å². The van der Waals surface area contributed by atoms with E-state index in [4.69, 9.17) is 0 Å². The van der Waals surface area contributed by atoms with Crippen molar-refractivity contribution < 1.29 is 21.6 Å². The normalized spacial score (nSPS) is 20.7. The van der Waals surface area contributed by atoms with Gasteiger partial charge in [-0.2, -0.15) is 0 Å². The number of piperidine rings is 1. The summed E-state index contributed by atoms with van der Waals surface area (Å²) < 4.78 is 53.7. The number of nitrogens with one attached hydrogen (secondary N) is 1. The van der Waals surface area contributed by atoms with Crippen LogP contribution in [0.2, 0.25) is 0 Å². The average Bonchev–Trinajstić information content (AvgIpc) is 3.17. The minimum Gasteiger partial charge on any atom is -0.338 e. The lowest BCUT2D eigenvalue weighted by Gasteiger charge is -2.33. The highest BCUT2D eigenvalue weighted by Gasteiger charge is 2.30. The van der Waals surface area contributed by atoms with E-state index in [2.05, 4.69) is 4.72 Å². The number of sulfonamides is 2. The Morgan fingerprint density at radius 1 is 1.09 bits per heavy atom. The number of nitrogens with zero attached hydrogens (tertiary/aromatic N) is 2. The van der Waals surface area contributed by atoms with E-state index in [0.717, 1.165) is 18.4 Å². The summed E-state index contributed by atoms with van der Waals surface area (Å²) in [6, 6.07) is 13.4. The van der Waals surface area contributed by atoms with Crippen molar-refractivity contribution in [1.82, 2.24) is 9.62 Å². The van der Waals surface area contributed by atoms with Crippen LogP contribution in [0, 0.1) is 12.8 Å². The molecule has 1 unspecified atom stereocenters. The number of carbonyl (C=O) groups is 1. The molecule has 2 aliphatic rings. The fraction of sp³-hybridized carbons (Fsp3) is 0.435. The van der Waals surface area contributed by atoms with Gasteiger partial charge in [0.05, 0.1) is 16.3 Å². The largest absolute Gasteiger partial charge is 0.338 e. The molecule has 2 heterocycles. The molecule has 8 nitrogen and oxygen atoms in total. The molecule has 2 fully saturated rings. The maximum atomic E-state index is 13.1. The van der Waals surface area contributed by atoms with Crippen LogP contribution in [0.1, 0.15) is 35.2 Å². The summed E-state index contributed by atoms with van der Waals surface area (Å²) in [6.07, 6.45) is 2.18. The Morgan fingerprint density at radius 3 is 2.55 bits per heavy atom. The predicted molar refractivity (Wildman–Crippen MR) is 127 cm³/mol. The summed E-state index contributed by atoms with van der Waals surface area (Å²) >= 11 is 0. The van der Waals surface area contributed by atoms with Crippen molar-refractivity contribution in [3.8, 4) is 0 Å². The Bertz CT molecular complexity index is 1230. The summed E-state index contributed by atoms with van der Waals surface area (Å²) in [5.41, 5.74) is 1.94. The molecule has 2 aromatic carbocycles. The van der Waals surface area contributed by atoms with Gasteiger partial charge in [-0.1, -0.05) is 23.8 Å². The molecule has 0 saturated carbocycles. The summed E-state index contributed by atoms with van der Waals surface area (Å²) in [6.45, 7) is 3.62. The zero-order valence-corrected chi connectivity index (χ0v) is 20.2. The third-order valence-electron chi connectivity index (χ3n) is 6.18. The Kier molecular flexibility index (Phi) is 6.78. The predicted octanol–water partition coefficient (Wildman–Crippen LogP) is 2.37. The van der Waals surface area contributed by atoms with Gasteiger partial charge in [0.25, 0.3) is 5.91 Å². The molecule has 178 valence electrons. The van der Waals surface area contributed by atoms with Crippen LogP contribution in [0.25, 0.3) is 0 Å². The van der Waals surface area contributed by atoms with E-state index < -0.39 is 20.0 Å². The molecule has 0 aliphatic carbocycles. The molecule has 2 aliphatic heterocycles. The van der Waals surface area contributed by atoms with Gasteiger partial charge in [0.15, 0.2) is 0 Å². The molecule has 10 heteroatoms. The number of amides is 1. The second kappa shape index (κ2) is 9.44. The van der Waals surface area contributed by atoms with Gasteiger partial charge < -0.3 is 4.90 Å². The molecule has 2 aromatic rings. The third kappa shape index (κ3) is 5.39. The first-order valence-corrected chi connectivity index (χ1v) is 14.2. The number of likely N-dealkylation sites (tertiary alicyclic amines) is 1. The van der Waals surface area contributed by atoms with Gasteiger partial charge in [-0.25, -0.2) is 21.6 Å². The highest BCUT2D eigenvalue weighted by Crippen LogP contribution is 2.26. The van der Waals surface area contributed by atoms with E-state index in [1.807, 2.05) is 6.92 Å². The summed E-state index contributed by atoms with van der Waals surface area (Å²) in [5, 5.41) is 0. The Hall–Kier alpha value is -2.43. The van der Waals surface area contributed by atoms with Crippen molar-refractivity contribution in [2.45, 2.75) is 31.1 Å². The topological polar surface area (TPSA) is 104 Å². The van der Waals surface area contributed by atoms with Gasteiger partial charge in [0.1, 0.15) is 0 Å². The molecule has 0 radical (unpaired) electrons. The van der Waals surface area contributed by atoms with E-state index in [-0.39, 0.29) is 29.0 Å². The van der Waals surface area contributed by atoms with Crippen molar-refractivity contribution in [3.63, 3.8) is 0 Å². The molecular formula is C23H29N3O5S2. The van der Waals surface area contributed by atoms with Crippen LogP contribution in [0.4, 0.5) is 5.69 Å². The summed E-state index contributed by atoms with van der Waals surface area (Å²) in [7, 11) is -6.93. The maximum Gasteiger partial charge on any atom is 0.253 e. The molecule has 1 N–H and O–H groups in total. The number of aryl methyl sites for hydroxylation is 1. The van der Waals surface area contributed by atoms with Gasteiger partial charge in [-0.15, -0.1) is 0 Å². The van der Waals surface area contributed by atoms with Crippen molar-refractivity contribution in [2.24, 2.45) is 5.92 Å². The van der Waals surface area contributed by atoms with E-state index in [1.165, 1.54) is 4.31 Å². The van der Waals surface area contributed by atoms with Crippen LogP contribution in [0.15, 0.2) is 53.4 Å². The van der Waals surface area contributed by atoms with E-state index in [0.29, 0.717) is 37.3 Å². The highest BCUT2D eigenvalue weighted by molar-refractivity contribution is 7.93. The standard InChI is InChI=1S/C23H29N3O5S2/c1-18-8-10-22(11-9-18)33(30,31)24-16-19-5-3-12-25(17-19)23(27)20-6-2-7-21(15-20)26-13-4-14-32(26,28)29/h2,6-11,15,19,24H,3-5,12-14,16-17H2,1H3. The molecule has 0 spiro atoms. The SMILES string of the molecule is Cc1ccc(S(=O)(=O)NCC2CCCN(C(=O)c3cccc(N4CCCS4(=O)=O)c3)C2)cc1. The number of hydrogen-bond acceptors (Lipinski definition) is 5. The van der Waals surface area contributed by atoms with Gasteiger partial charge in [0, 0.05) is 31.7 Å². The van der Waals surface area contributed by atoms with Crippen LogP contribution in [-0.2, 0) is 20.0 Å². The fourth-order valence-electron chi connectivity index (χ4n) is 4.35. The van der Waals surface area contributed by atoms with Crippen molar-refractivity contribution in [1.29, 1.82) is 0 Å². The van der Waals surface area contributed by atoms with Gasteiger partial charge in [-0.05, 0) is 62.4 Å². The zero-order chi connectivity index (χ0) is 23.6. The highest BCUT2D eigenvalue weighted by atomic mass is 32.2. The molecule has 4 rings (SSSR count). The molecule has 1 atom stereocenters. The van der Waals surface area contributed by atoms with Crippen LogP contribution >= 0.6 is 0 Å². The van der Waals surface area contributed by atoms with E-state index >= 15 is 0 Å². The van der Waals surface area contributed by atoms with Crippen molar-refractivity contribution in [2.75, 3.05) is 36.2 Å². The lowest BCUT2D eigenvalue weighted by atomic mass is 9.97. The van der Waals surface area contributed by atoms with Crippen LogP contribution < -0.4 is 9.03 Å². The summed E-state index contributed by atoms with van der Waals surface area (Å²) in [5.74, 6) is -0.0399. The lowest BCUT2D eigenvalue weighted by Crippen LogP contribution is -2.43. The van der Waals surface area contributed by atoms with Gasteiger partial charge in [0.2, 0.25) is 20.0 Å². The van der Waals surface area contributed by atoms with Gasteiger partial charge >= 0.3 is 0 Å². The Balaban J connectivity index is 1.41. The number of carbonyl (C=O) groups excluding carboxylic acids is 1. The minimum atomic E-state index is -3.61. The number of benzene rings is 2. The molecular weight excluding hydrogens is 462 g/mol. The number of rotatable bonds is 6. The van der Waals surface area contributed by atoms with Crippen molar-refractivity contribution >= 4 is 31.6 Å². The number of anilines is 1. The molecule has 33 heavy (non-hydrogen) atoms. The van der Waals surface area contributed by atoms with Crippen LogP contribution in [0.3, 0.4) is 0 Å². The Morgan fingerprint density at radius 2 is 1.85 bits per heavy atom.